The number of hydrogen-bond acceptors (Lipinski definition) is 3. The van der Waals surface area contributed by atoms with E-state index in [-0.39, 0.29) is 12.3 Å². The lowest BCUT2D eigenvalue weighted by molar-refractivity contribution is -0.142. The Morgan fingerprint density at radius 2 is 2.14 bits per heavy atom. The number of methoxy groups -OCH3 is 1. The normalized spacial score (nSPS) is 11.8. The fourth-order valence-electron chi connectivity index (χ4n) is 1.94. The predicted molar refractivity (Wildman–Crippen MR) is 83.5 cm³/mol. The average molecular weight is 358 g/mol. The van der Waals surface area contributed by atoms with Gasteiger partial charge in [0.15, 0.2) is 0 Å². The monoisotopic (exact) mass is 357 g/mol. The lowest BCUT2D eigenvalue weighted by Crippen LogP contribution is -2.40. The molecule has 0 unspecified atom stereocenters. The van der Waals surface area contributed by atoms with E-state index in [0.29, 0.717) is 19.3 Å². The Labute approximate surface area is 132 Å². The highest BCUT2D eigenvalue weighted by molar-refractivity contribution is 9.10. The standard InChI is InChI=1S/C15H20BrNO4/c1-3-4-12(15(19)20)17-14(18)8-6-10-5-7-13(21-2)11(16)9-10/h5,7,9,12H,3-4,6,8H2,1-2H3,(H,17,18)(H,19,20)/t12-/m0/s1. The molecule has 1 amide bonds. The van der Waals surface area contributed by atoms with Crippen LogP contribution in [-0.2, 0) is 16.0 Å². The van der Waals surface area contributed by atoms with Gasteiger partial charge in [-0.2, -0.15) is 0 Å². The second-order valence-corrected chi connectivity index (χ2v) is 5.57. The summed E-state index contributed by atoms with van der Waals surface area (Å²) in [6, 6.07) is 4.81. The van der Waals surface area contributed by atoms with Crippen LogP contribution in [0.15, 0.2) is 22.7 Å². The number of ether oxygens (including phenoxy) is 1. The summed E-state index contributed by atoms with van der Waals surface area (Å²) in [5.74, 6) is -0.503. The smallest absolute Gasteiger partial charge is 0.326 e. The van der Waals surface area contributed by atoms with Gasteiger partial charge in [0.2, 0.25) is 5.91 Å². The molecule has 0 saturated heterocycles. The molecule has 0 aliphatic rings. The van der Waals surface area contributed by atoms with E-state index in [1.807, 2.05) is 25.1 Å². The molecule has 0 aliphatic carbocycles. The molecule has 21 heavy (non-hydrogen) atoms. The first-order chi connectivity index (χ1) is 9.97. The fraction of sp³-hybridized carbons (Fsp3) is 0.467. The number of nitrogens with one attached hydrogen (secondary N) is 1. The Hall–Kier alpha value is -1.56. The van der Waals surface area contributed by atoms with Crippen LogP contribution in [0.4, 0.5) is 0 Å². The number of aliphatic carboxylic acids is 1. The maximum Gasteiger partial charge on any atom is 0.326 e. The summed E-state index contributed by atoms with van der Waals surface area (Å²) in [6.07, 6.45) is 1.96. The number of rotatable bonds is 8. The van der Waals surface area contributed by atoms with Crippen LogP contribution < -0.4 is 10.1 Å². The number of carbonyl (C=O) groups is 2. The molecule has 5 nitrogen and oxygen atoms in total. The van der Waals surface area contributed by atoms with E-state index in [0.717, 1.165) is 15.8 Å². The number of halogens is 1. The molecule has 1 rings (SSSR count). The topological polar surface area (TPSA) is 75.6 Å². The van der Waals surface area contributed by atoms with E-state index in [2.05, 4.69) is 21.2 Å². The van der Waals surface area contributed by atoms with Gasteiger partial charge < -0.3 is 15.2 Å². The molecule has 0 aromatic heterocycles. The van der Waals surface area contributed by atoms with E-state index in [1.165, 1.54) is 0 Å². The van der Waals surface area contributed by atoms with Crippen molar-refractivity contribution in [3.63, 3.8) is 0 Å². The maximum atomic E-state index is 11.8. The van der Waals surface area contributed by atoms with Gasteiger partial charge in [-0.1, -0.05) is 19.4 Å². The van der Waals surface area contributed by atoms with Crippen molar-refractivity contribution in [1.82, 2.24) is 5.32 Å². The summed E-state index contributed by atoms with van der Waals surface area (Å²) < 4.78 is 5.97. The van der Waals surface area contributed by atoms with E-state index in [4.69, 9.17) is 9.84 Å². The maximum absolute atomic E-state index is 11.8. The molecule has 2 N–H and O–H groups in total. The average Bonchev–Trinajstić information content (AvgIpc) is 2.44. The van der Waals surface area contributed by atoms with Gasteiger partial charge in [0.25, 0.3) is 0 Å². The van der Waals surface area contributed by atoms with Crippen molar-refractivity contribution in [3.05, 3.63) is 28.2 Å². The SMILES string of the molecule is CCC[C@H](NC(=O)CCc1ccc(OC)c(Br)c1)C(=O)O. The quantitative estimate of drug-likeness (QED) is 0.749. The minimum Gasteiger partial charge on any atom is -0.496 e. The Bertz CT molecular complexity index is 504. The van der Waals surface area contributed by atoms with Gasteiger partial charge >= 0.3 is 5.97 Å². The molecule has 1 aromatic rings. The largest absolute Gasteiger partial charge is 0.496 e. The summed E-state index contributed by atoms with van der Waals surface area (Å²) in [5.41, 5.74) is 0.986. The third kappa shape index (κ3) is 5.75. The van der Waals surface area contributed by atoms with Crippen molar-refractivity contribution in [2.24, 2.45) is 0 Å². The molecule has 0 heterocycles. The van der Waals surface area contributed by atoms with Crippen molar-refractivity contribution in [3.8, 4) is 5.75 Å². The number of hydrogen-bond donors (Lipinski definition) is 2. The Morgan fingerprint density at radius 3 is 2.67 bits per heavy atom. The van der Waals surface area contributed by atoms with Gasteiger partial charge in [0.05, 0.1) is 11.6 Å². The first-order valence-electron chi connectivity index (χ1n) is 6.82. The van der Waals surface area contributed by atoms with E-state index >= 15 is 0 Å². The van der Waals surface area contributed by atoms with Crippen LogP contribution in [0.3, 0.4) is 0 Å². The summed E-state index contributed by atoms with van der Waals surface area (Å²) >= 11 is 3.39. The van der Waals surface area contributed by atoms with Gasteiger partial charge in [-0.15, -0.1) is 0 Å². The third-order valence-corrected chi connectivity index (χ3v) is 3.69. The van der Waals surface area contributed by atoms with Crippen molar-refractivity contribution in [2.75, 3.05) is 7.11 Å². The van der Waals surface area contributed by atoms with Gasteiger partial charge in [-0.25, -0.2) is 4.79 Å². The fourth-order valence-corrected chi connectivity index (χ4v) is 2.52. The molecule has 1 aromatic carbocycles. The van der Waals surface area contributed by atoms with Crippen LogP contribution in [0, 0.1) is 0 Å². The number of aryl methyl sites for hydroxylation is 1. The van der Waals surface area contributed by atoms with E-state index in [9.17, 15) is 9.59 Å². The molecular formula is C15H20BrNO4. The third-order valence-electron chi connectivity index (χ3n) is 3.07. The second-order valence-electron chi connectivity index (χ2n) is 4.72. The Morgan fingerprint density at radius 1 is 1.43 bits per heavy atom. The van der Waals surface area contributed by atoms with Crippen LogP contribution in [0.5, 0.6) is 5.75 Å². The molecule has 0 saturated carbocycles. The van der Waals surface area contributed by atoms with Gasteiger partial charge in [0.1, 0.15) is 11.8 Å². The van der Waals surface area contributed by atoms with Crippen LogP contribution in [0.25, 0.3) is 0 Å². The van der Waals surface area contributed by atoms with Crippen LogP contribution in [0.2, 0.25) is 0 Å². The summed E-state index contributed by atoms with van der Waals surface area (Å²) in [7, 11) is 1.59. The molecule has 1 atom stereocenters. The summed E-state index contributed by atoms with van der Waals surface area (Å²) in [6.45, 7) is 1.89. The summed E-state index contributed by atoms with van der Waals surface area (Å²) in [5, 5.41) is 11.5. The molecule has 0 spiro atoms. The van der Waals surface area contributed by atoms with Crippen LogP contribution >= 0.6 is 15.9 Å². The van der Waals surface area contributed by atoms with Crippen molar-refractivity contribution in [2.45, 2.75) is 38.6 Å². The highest BCUT2D eigenvalue weighted by Gasteiger charge is 2.18. The van der Waals surface area contributed by atoms with Crippen molar-refractivity contribution in [1.29, 1.82) is 0 Å². The second kappa shape index (κ2) is 8.67. The molecular weight excluding hydrogens is 338 g/mol. The zero-order chi connectivity index (χ0) is 15.8. The molecule has 0 radical (unpaired) electrons. The zero-order valence-electron chi connectivity index (χ0n) is 12.2. The van der Waals surface area contributed by atoms with Crippen molar-refractivity contribution >= 4 is 27.8 Å². The highest BCUT2D eigenvalue weighted by atomic mass is 79.9. The predicted octanol–water partition coefficient (Wildman–Crippen LogP) is 2.76. The van der Waals surface area contributed by atoms with Gasteiger partial charge in [-0.05, 0) is 46.5 Å². The van der Waals surface area contributed by atoms with E-state index < -0.39 is 12.0 Å². The molecule has 0 fully saturated rings. The zero-order valence-corrected chi connectivity index (χ0v) is 13.8. The minimum absolute atomic E-state index is 0.247. The number of amides is 1. The van der Waals surface area contributed by atoms with Gasteiger partial charge in [0, 0.05) is 6.42 Å². The number of carbonyl (C=O) groups excluding carboxylic acids is 1. The highest BCUT2D eigenvalue weighted by Crippen LogP contribution is 2.25. The number of carboxylic acid groups (broad SMARTS) is 1. The Balaban J connectivity index is 2.52. The lowest BCUT2D eigenvalue weighted by atomic mass is 10.1. The van der Waals surface area contributed by atoms with Gasteiger partial charge in [-0.3, -0.25) is 4.79 Å². The molecule has 0 bridgehead atoms. The first kappa shape index (κ1) is 17.5. The Kier molecular flexibility index (Phi) is 7.22. The van der Waals surface area contributed by atoms with E-state index in [1.54, 1.807) is 7.11 Å². The lowest BCUT2D eigenvalue weighted by Gasteiger charge is -2.13. The minimum atomic E-state index is -0.989. The molecule has 116 valence electrons. The summed E-state index contributed by atoms with van der Waals surface area (Å²) in [4.78, 5) is 22.8. The van der Waals surface area contributed by atoms with Crippen molar-refractivity contribution < 1.29 is 19.4 Å². The van der Waals surface area contributed by atoms with Crippen LogP contribution in [-0.4, -0.2) is 30.1 Å². The molecule has 6 heteroatoms. The molecule has 0 aliphatic heterocycles. The first-order valence-corrected chi connectivity index (χ1v) is 7.61. The van der Waals surface area contributed by atoms with Crippen LogP contribution in [0.1, 0.15) is 31.7 Å². The number of carboxylic acids is 1. The number of benzene rings is 1.